The van der Waals surface area contributed by atoms with Gasteiger partial charge in [-0.1, -0.05) is 81.7 Å². The number of benzene rings is 2. The zero-order chi connectivity index (χ0) is 30.3. The second-order valence-electron chi connectivity index (χ2n) is 12.3. The first kappa shape index (κ1) is 33.4. The standard InChI is InChI=1S/C17H21N.C12H17Br.C5H6BNO2/c1-12-10-15(17(3,4)5)11-13(2)16(12)14-6-8-18-9-7-14;1-8-6-10(12(3,4)5)7-9(2)11(8)13;8-6(9)5-1-3-7-4-2-5/h6-11H,1-5H3;6-7H,1-5H3;1-4,8-9H. The van der Waals surface area contributed by atoms with Crippen LogP contribution in [-0.2, 0) is 10.8 Å². The van der Waals surface area contributed by atoms with Crippen LogP contribution in [0.5, 0.6) is 0 Å². The van der Waals surface area contributed by atoms with Crippen molar-refractivity contribution in [1.82, 2.24) is 9.97 Å². The van der Waals surface area contributed by atoms with E-state index in [0.717, 1.165) is 0 Å². The van der Waals surface area contributed by atoms with Gasteiger partial charge in [-0.25, -0.2) is 0 Å². The third-order valence-corrected chi connectivity index (χ3v) is 7.93. The smallest absolute Gasteiger partial charge is 0.423 e. The van der Waals surface area contributed by atoms with Crippen LogP contribution in [0.3, 0.4) is 0 Å². The van der Waals surface area contributed by atoms with E-state index < -0.39 is 7.12 Å². The lowest BCUT2D eigenvalue weighted by molar-refractivity contribution is 0.425. The maximum absolute atomic E-state index is 8.55. The van der Waals surface area contributed by atoms with Crippen molar-refractivity contribution in [1.29, 1.82) is 0 Å². The van der Waals surface area contributed by atoms with Gasteiger partial charge in [-0.2, -0.15) is 0 Å². The molecule has 2 N–H and O–H groups in total. The van der Waals surface area contributed by atoms with Crippen LogP contribution in [0.4, 0.5) is 0 Å². The van der Waals surface area contributed by atoms with Crippen molar-refractivity contribution in [3.8, 4) is 11.1 Å². The molecule has 0 aliphatic heterocycles. The van der Waals surface area contributed by atoms with Gasteiger partial charge < -0.3 is 10.0 Å². The van der Waals surface area contributed by atoms with Gasteiger partial charge >= 0.3 is 7.12 Å². The lowest BCUT2D eigenvalue weighted by atomic mass is 9.81. The number of nitrogens with zero attached hydrogens (tertiary/aromatic N) is 2. The van der Waals surface area contributed by atoms with Crippen LogP contribution in [0.15, 0.2) is 77.8 Å². The summed E-state index contributed by atoms with van der Waals surface area (Å²) >= 11 is 3.58. The predicted octanol–water partition coefficient (Wildman–Crippen LogP) is 7.79. The van der Waals surface area contributed by atoms with Crippen LogP contribution in [0.25, 0.3) is 11.1 Å². The van der Waals surface area contributed by atoms with Crippen molar-refractivity contribution < 1.29 is 10.0 Å². The minimum Gasteiger partial charge on any atom is -0.423 e. The average Bonchev–Trinajstić information content (AvgIpc) is 2.87. The Kier molecular flexibility index (Phi) is 11.9. The minimum atomic E-state index is -1.38. The van der Waals surface area contributed by atoms with E-state index in [-0.39, 0.29) is 10.8 Å². The molecule has 0 saturated carbocycles. The number of aromatic nitrogens is 2. The SMILES string of the molecule is Cc1cc(C(C)(C)C)cc(C)c1-c1ccncc1.Cc1cc(C(C)(C)C)cc(C)c1Br.OB(O)c1ccncc1. The molecule has 4 aromatic rings. The van der Waals surface area contributed by atoms with Gasteiger partial charge in [-0.05, 0) is 113 Å². The molecular formula is C34H44BBrN2O2. The van der Waals surface area contributed by atoms with Crippen molar-refractivity contribution >= 4 is 28.5 Å². The van der Waals surface area contributed by atoms with E-state index in [2.05, 4.69) is 132 Å². The molecule has 0 bridgehead atoms. The number of hydrogen-bond acceptors (Lipinski definition) is 4. The highest BCUT2D eigenvalue weighted by molar-refractivity contribution is 9.10. The zero-order valence-corrected chi connectivity index (χ0v) is 27.3. The number of halogens is 1. The van der Waals surface area contributed by atoms with Crippen molar-refractivity contribution in [3.63, 3.8) is 0 Å². The van der Waals surface area contributed by atoms with Crippen LogP contribution >= 0.6 is 15.9 Å². The van der Waals surface area contributed by atoms with Gasteiger partial charge in [0.25, 0.3) is 0 Å². The Balaban J connectivity index is 0.000000224. The highest BCUT2D eigenvalue weighted by Gasteiger charge is 2.17. The second-order valence-corrected chi connectivity index (χ2v) is 13.1. The Morgan fingerprint density at radius 3 is 1.27 bits per heavy atom. The number of pyridine rings is 2. The van der Waals surface area contributed by atoms with Gasteiger partial charge in [0.2, 0.25) is 0 Å². The van der Waals surface area contributed by atoms with Gasteiger partial charge in [0.1, 0.15) is 0 Å². The monoisotopic (exact) mass is 602 g/mol. The number of rotatable bonds is 2. The minimum absolute atomic E-state index is 0.201. The summed E-state index contributed by atoms with van der Waals surface area (Å²) in [6.07, 6.45) is 6.72. The second kappa shape index (κ2) is 14.2. The van der Waals surface area contributed by atoms with Gasteiger partial charge in [-0.3, -0.25) is 9.97 Å². The average molecular weight is 603 g/mol. The molecule has 4 nitrogen and oxygen atoms in total. The van der Waals surface area contributed by atoms with Crippen LogP contribution in [0, 0.1) is 27.7 Å². The highest BCUT2D eigenvalue weighted by atomic mass is 79.9. The quantitative estimate of drug-likeness (QED) is 0.230. The van der Waals surface area contributed by atoms with Crippen molar-refractivity contribution in [2.45, 2.75) is 80.1 Å². The van der Waals surface area contributed by atoms with Crippen LogP contribution < -0.4 is 5.46 Å². The summed E-state index contributed by atoms with van der Waals surface area (Å²) in [5.74, 6) is 0. The normalized spacial score (nSPS) is 11.1. The summed E-state index contributed by atoms with van der Waals surface area (Å²) in [6.45, 7) is 22.2. The van der Waals surface area contributed by atoms with E-state index in [1.54, 1.807) is 12.1 Å². The Bertz CT molecular complexity index is 1330. The van der Waals surface area contributed by atoms with E-state index in [1.165, 1.54) is 61.4 Å². The third-order valence-electron chi connectivity index (χ3n) is 6.67. The molecule has 2 aromatic carbocycles. The lowest BCUT2D eigenvalue weighted by Crippen LogP contribution is -2.29. The van der Waals surface area contributed by atoms with Gasteiger partial charge in [0.15, 0.2) is 0 Å². The first-order chi connectivity index (χ1) is 18.5. The fourth-order valence-electron chi connectivity index (χ4n) is 4.28. The molecule has 2 aromatic heterocycles. The third kappa shape index (κ3) is 9.69. The molecule has 2 heterocycles. The largest absolute Gasteiger partial charge is 0.488 e. The van der Waals surface area contributed by atoms with E-state index >= 15 is 0 Å². The molecule has 0 aliphatic rings. The summed E-state index contributed by atoms with van der Waals surface area (Å²) in [5, 5.41) is 17.1. The Morgan fingerprint density at radius 1 is 0.600 bits per heavy atom. The molecule has 0 fully saturated rings. The Morgan fingerprint density at radius 2 is 0.950 bits per heavy atom. The summed E-state index contributed by atoms with van der Waals surface area (Å²) in [4.78, 5) is 7.79. The first-order valence-corrected chi connectivity index (χ1v) is 14.4. The summed E-state index contributed by atoms with van der Waals surface area (Å²) in [7, 11) is -1.38. The molecule has 0 unspecified atom stereocenters. The van der Waals surface area contributed by atoms with Gasteiger partial charge in [0, 0.05) is 29.3 Å². The van der Waals surface area contributed by atoms with Crippen molar-refractivity contribution in [2.24, 2.45) is 0 Å². The van der Waals surface area contributed by atoms with Crippen LogP contribution in [-0.4, -0.2) is 27.1 Å². The van der Waals surface area contributed by atoms with Crippen molar-refractivity contribution in [2.75, 3.05) is 0 Å². The maximum atomic E-state index is 8.55. The highest BCUT2D eigenvalue weighted by Crippen LogP contribution is 2.32. The molecule has 4 rings (SSSR count). The first-order valence-electron chi connectivity index (χ1n) is 13.6. The molecule has 0 amide bonds. The maximum Gasteiger partial charge on any atom is 0.488 e. The molecule has 212 valence electrons. The number of aryl methyl sites for hydroxylation is 4. The fraction of sp³-hybridized carbons (Fsp3) is 0.353. The summed E-state index contributed by atoms with van der Waals surface area (Å²) in [5.41, 5.74) is 11.6. The Hall–Kier alpha value is -2.80. The number of hydrogen-bond donors (Lipinski definition) is 2. The van der Waals surface area contributed by atoms with Gasteiger partial charge in [0.05, 0.1) is 0 Å². The molecule has 0 radical (unpaired) electrons. The summed E-state index contributed by atoms with van der Waals surface area (Å²) in [6, 6.07) is 16.4. The molecule has 0 aliphatic carbocycles. The van der Waals surface area contributed by atoms with Crippen molar-refractivity contribution in [3.05, 3.63) is 111 Å². The van der Waals surface area contributed by atoms with E-state index in [9.17, 15) is 0 Å². The molecule has 0 saturated heterocycles. The summed E-state index contributed by atoms with van der Waals surface area (Å²) < 4.78 is 1.24. The molecule has 0 atom stereocenters. The van der Waals surface area contributed by atoms with E-state index in [0.29, 0.717) is 5.46 Å². The molecular weight excluding hydrogens is 559 g/mol. The zero-order valence-electron chi connectivity index (χ0n) is 25.7. The predicted molar refractivity (Wildman–Crippen MR) is 174 cm³/mol. The molecule has 6 heteroatoms. The van der Waals surface area contributed by atoms with E-state index in [1.807, 2.05) is 12.4 Å². The van der Waals surface area contributed by atoms with Crippen LogP contribution in [0.2, 0.25) is 0 Å². The lowest BCUT2D eigenvalue weighted by Gasteiger charge is -2.22. The van der Waals surface area contributed by atoms with Crippen LogP contribution in [0.1, 0.15) is 74.9 Å². The Labute approximate surface area is 250 Å². The molecule has 0 spiro atoms. The topological polar surface area (TPSA) is 66.2 Å². The van der Waals surface area contributed by atoms with E-state index in [4.69, 9.17) is 10.0 Å². The molecule has 40 heavy (non-hydrogen) atoms. The van der Waals surface area contributed by atoms with Gasteiger partial charge in [-0.15, -0.1) is 0 Å². The fourth-order valence-corrected chi connectivity index (χ4v) is 4.51.